The minimum atomic E-state index is -3.22. The molecule has 0 aromatic carbocycles. The minimum Gasteiger partial charge on any atom is -0.278 e. The van der Waals surface area contributed by atoms with Gasteiger partial charge in [-0.3, -0.25) is 14.5 Å². The molecule has 6 heteroatoms. The van der Waals surface area contributed by atoms with Crippen molar-refractivity contribution in [1.82, 2.24) is 4.90 Å². The van der Waals surface area contributed by atoms with Crippen LogP contribution in [0.1, 0.15) is 27.2 Å². The molecular formula is C13H19NO4S. The number of rotatable bonds is 2. The lowest BCUT2D eigenvalue weighted by molar-refractivity contribution is -0.138. The quantitative estimate of drug-likeness (QED) is 0.712. The summed E-state index contributed by atoms with van der Waals surface area (Å²) in [7, 11) is -1.81. The van der Waals surface area contributed by atoms with Gasteiger partial charge in [-0.05, 0) is 32.8 Å². The second-order valence-corrected chi connectivity index (χ2v) is 7.19. The highest BCUT2D eigenvalue weighted by molar-refractivity contribution is 7.90. The molecule has 2 amide bonds. The Hall–Kier alpha value is -1.43. The topological polar surface area (TPSA) is 71.5 Å². The van der Waals surface area contributed by atoms with Gasteiger partial charge in [-0.15, -0.1) is 0 Å². The van der Waals surface area contributed by atoms with Crippen LogP contribution >= 0.6 is 0 Å². The fourth-order valence-corrected chi connectivity index (χ4v) is 2.94. The van der Waals surface area contributed by atoms with Gasteiger partial charge in [0.15, 0.2) is 9.84 Å². The number of amides is 2. The summed E-state index contributed by atoms with van der Waals surface area (Å²) < 4.78 is 22.9. The van der Waals surface area contributed by atoms with E-state index >= 15 is 0 Å². The fourth-order valence-electron chi connectivity index (χ4n) is 1.99. The zero-order valence-electron chi connectivity index (χ0n) is 11.9. The summed E-state index contributed by atoms with van der Waals surface area (Å²) in [4.78, 5) is 25.1. The molecule has 0 atom stereocenters. The zero-order valence-corrected chi connectivity index (χ0v) is 12.7. The SMILES string of the molecule is C/C1=C(\C)C(=O)N(C)C(=O)/C(C)=C(/CS(C)(=O)=O)C1. The number of carbonyl (C=O) groups is 2. The summed E-state index contributed by atoms with van der Waals surface area (Å²) in [6.45, 7) is 5.01. The number of carbonyl (C=O) groups excluding carboxylic acids is 2. The molecule has 0 saturated carbocycles. The van der Waals surface area contributed by atoms with Gasteiger partial charge in [0.25, 0.3) is 11.8 Å². The van der Waals surface area contributed by atoms with Crippen LogP contribution in [0.5, 0.6) is 0 Å². The first kappa shape index (κ1) is 15.6. The molecule has 0 fully saturated rings. The van der Waals surface area contributed by atoms with Crippen molar-refractivity contribution in [3.63, 3.8) is 0 Å². The summed E-state index contributed by atoms with van der Waals surface area (Å²) in [5.74, 6) is -0.923. The number of imide groups is 1. The maximum Gasteiger partial charge on any atom is 0.256 e. The predicted molar refractivity (Wildman–Crippen MR) is 73.2 cm³/mol. The molecule has 0 N–H and O–H groups in total. The summed E-state index contributed by atoms with van der Waals surface area (Å²) in [5, 5.41) is 0. The zero-order chi connectivity index (χ0) is 15.0. The first-order valence-electron chi connectivity index (χ1n) is 5.89. The average molecular weight is 285 g/mol. The lowest BCUT2D eigenvalue weighted by Crippen LogP contribution is -2.36. The van der Waals surface area contributed by atoms with Crippen LogP contribution in [-0.4, -0.2) is 44.2 Å². The highest BCUT2D eigenvalue weighted by Gasteiger charge is 2.26. The molecule has 1 heterocycles. The van der Waals surface area contributed by atoms with E-state index in [2.05, 4.69) is 0 Å². The lowest BCUT2D eigenvalue weighted by Gasteiger charge is -2.23. The van der Waals surface area contributed by atoms with E-state index in [1.165, 1.54) is 7.05 Å². The van der Waals surface area contributed by atoms with E-state index < -0.39 is 15.7 Å². The summed E-state index contributed by atoms with van der Waals surface area (Å²) in [6.07, 6.45) is 1.48. The maximum atomic E-state index is 12.1. The minimum absolute atomic E-state index is 0.156. The molecule has 106 valence electrons. The van der Waals surface area contributed by atoms with Gasteiger partial charge in [-0.25, -0.2) is 8.42 Å². The number of likely N-dealkylation sites (N-methyl/N-ethyl adjacent to an activating group) is 1. The number of sulfone groups is 1. The van der Waals surface area contributed by atoms with Crippen molar-refractivity contribution in [2.45, 2.75) is 27.2 Å². The van der Waals surface area contributed by atoms with Gasteiger partial charge in [0, 0.05) is 24.4 Å². The molecule has 0 aromatic heterocycles. The standard InChI is InChI=1S/C13H19NO4S/c1-8-6-11(7-19(5,17)18)10(3)13(16)14(4)12(15)9(8)2/h6-7H2,1-5H3/b9-8-,11-10+. The third-order valence-electron chi connectivity index (χ3n) is 3.34. The predicted octanol–water partition coefficient (Wildman–Crippen LogP) is 1.07. The van der Waals surface area contributed by atoms with E-state index in [0.29, 0.717) is 23.1 Å². The van der Waals surface area contributed by atoms with Crippen LogP contribution in [0, 0.1) is 0 Å². The van der Waals surface area contributed by atoms with Crippen molar-refractivity contribution in [3.05, 3.63) is 22.3 Å². The lowest BCUT2D eigenvalue weighted by atomic mass is 9.96. The van der Waals surface area contributed by atoms with Gasteiger partial charge in [0.2, 0.25) is 0 Å². The molecule has 0 bridgehead atoms. The average Bonchev–Trinajstić information content (AvgIpc) is 2.30. The van der Waals surface area contributed by atoms with Gasteiger partial charge in [0.05, 0.1) is 5.75 Å². The highest BCUT2D eigenvalue weighted by Crippen LogP contribution is 2.24. The molecule has 0 unspecified atom stereocenters. The third-order valence-corrected chi connectivity index (χ3v) is 4.21. The summed E-state index contributed by atoms with van der Waals surface area (Å²) in [5.41, 5.74) is 2.19. The van der Waals surface area contributed by atoms with Gasteiger partial charge < -0.3 is 0 Å². The molecule has 1 rings (SSSR count). The number of hydrogen-bond donors (Lipinski definition) is 0. The van der Waals surface area contributed by atoms with Gasteiger partial charge in [-0.1, -0.05) is 5.57 Å². The Morgan fingerprint density at radius 1 is 1.05 bits per heavy atom. The number of hydrogen-bond acceptors (Lipinski definition) is 4. The van der Waals surface area contributed by atoms with E-state index in [1.54, 1.807) is 20.8 Å². The Balaban J connectivity index is 3.37. The van der Waals surface area contributed by atoms with Crippen LogP contribution in [0.2, 0.25) is 0 Å². The van der Waals surface area contributed by atoms with Crippen LogP contribution < -0.4 is 0 Å². The second kappa shape index (κ2) is 5.28. The molecule has 0 saturated heterocycles. The van der Waals surface area contributed by atoms with Crippen LogP contribution in [0.3, 0.4) is 0 Å². The van der Waals surface area contributed by atoms with Gasteiger partial charge in [-0.2, -0.15) is 0 Å². The van der Waals surface area contributed by atoms with Crippen molar-refractivity contribution in [2.24, 2.45) is 0 Å². The van der Waals surface area contributed by atoms with E-state index in [9.17, 15) is 18.0 Å². The van der Waals surface area contributed by atoms with Gasteiger partial charge in [0.1, 0.15) is 0 Å². The normalized spacial score (nSPS) is 26.5. The molecule has 0 radical (unpaired) electrons. The first-order valence-corrected chi connectivity index (χ1v) is 7.95. The Kier molecular flexibility index (Phi) is 4.35. The Morgan fingerprint density at radius 2 is 1.53 bits per heavy atom. The monoisotopic (exact) mass is 285 g/mol. The van der Waals surface area contributed by atoms with E-state index in [0.717, 1.165) is 16.7 Å². The summed E-state index contributed by atoms with van der Waals surface area (Å²) in [6, 6.07) is 0. The van der Waals surface area contributed by atoms with Crippen molar-refractivity contribution >= 4 is 21.7 Å². The smallest absolute Gasteiger partial charge is 0.256 e. The first-order chi connectivity index (χ1) is 8.54. The fraction of sp³-hybridized carbons (Fsp3) is 0.538. The highest BCUT2D eigenvalue weighted by atomic mass is 32.2. The van der Waals surface area contributed by atoms with Gasteiger partial charge >= 0.3 is 0 Å². The molecular weight excluding hydrogens is 266 g/mol. The van der Waals surface area contributed by atoms with Crippen molar-refractivity contribution in [2.75, 3.05) is 19.1 Å². The Labute approximate surface area is 113 Å². The van der Waals surface area contributed by atoms with Crippen LogP contribution in [-0.2, 0) is 19.4 Å². The van der Waals surface area contributed by atoms with E-state index in [-0.39, 0.29) is 11.7 Å². The van der Waals surface area contributed by atoms with Crippen molar-refractivity contribution < 1.29 is 18.0 Å². The second-order valence-electron chi connectivity index (χ2n) is 5.05. The maximum absolute atomic E-state index is 12.1. The Morgan fingerprint density at radius 3 is 2.00 bits per heavy atom. The van der Waals surface area contributed by atoms with Crippen LogP contribution in [0.4, 0.5) is 0 Å². The van der Waals surface area contributed by atoms with Crippen LogP contribution in [0.15, 0.2) is 22.3 Å². The molecule has 0 aliphatic carbocycles. The largest absolute Gasteiger partial charge is 0.278 e. The van der Waals surface area contributed by atoms with Crippen molar-refractivity contribution in [1.29, 1.82) is 0 Å². The molecule has 0 aromatic rings. The Bertz CT molecular complexity index is 596. The molecule has 0 spiro atoms. The van der Waals surface area contributed by atoms with Crippen LogP contribution in [0.25, 0.3) is 0 Å². The van der Waals surface area contributed by atoms with E-state index in [4.69, 9.17) is 0 Å². The molecule has 19 heavy (non-hydrogen) atoms. The summed E-state index contributed by atoms with van der Waals surface area (Å²) >= 11 is 0. The molecule has 1 aliphatic rings. The van der Waals surface area contributed by atoms with Crippen molar-refractivity contribution in [3.8, 4) is 0 Å². The third kappa shape index (κ3) is 3.53. The van der Waals surface area contributed by atoms with E-state index in [1.807, 2.05) is 0 Å². The number of nitrogens with zero attached hydrogens (tertiary/aromatic N) is 1. The molecule has 1 aliphatic heterocycles. The molecule has 5 nitrogen and oxygen atoms in total. The number of allylic oxidation sites excluding steroid dienone is 1.